The van der Waals surface area contributed by atoms with E-state index in [2.05, 4.69) is 93.4 Å². The molecule has 3 aromatic carbocycles. The van der Waals surface area contributed by atoms with Crippen molar-refractivity contribution in [2.75, 3.05) is 11.9 Å². The Kier molecular flexibility index (Phi) is 5.03. The number of benzene rings is 3. The van der Waals surface area contributed by atoms with Gasteiger partial charge in [0.2, 0.25) is 0 Å². The predicted octanol–water partition coefficient (Wildman–Crippen LogP) is 8.02. The summed E-state index contributed by atoms with van der Waals surface area (Å²) >= 11 is 7.95. The highest BCUT2D eigenvalue weighted by Gasteiger charge is 2.30. The normalized spacial score (nSPS) is 13.2. The first-order valence-corrected chi connectivity index (χ1v) is 10.7. The first-order valence-electron chi connectivity index (χ1n) is 9.47. The van der Waals surface area contributed by atoms with Crippen LogP contribution in [-0.2, 0) is 0 Å². The van der Waals surface area contributed by atoms with Crippen LogP contribution in [0.1, 0.15) is 31.9 Å². The van der Waals surface area contributed by atoms with E-state index in [1.807, 2.05) is 23.9 Å². The van der Waals surface area contributed by atoms with Gasteiger partial charge in [0.1, 0.15) is 0 Å². The molecule has 3 aromatic rings. The molecule has 0 saturated carbocycles. The molecule has 4 rings (SSSR count). The lowest BCUT2D eigenvalue weighted by Gasteiger charge is -2.35. The fourth-order valence-electron chi connectivity index (χ4n) is 3.67. The molecule has 0 unspecified atom stereocenters. The van der Waals surface area contributed by atoms with E-state index < -0.39 is 0 Å². The summed E-state index contributed by atoms with van der Waals surface area (Å²) in [5, 5.41) is 0.768. The maximum Gasteiger partial charge on any atom is 0.0488 e. The maximum atomic E-state index is 6.11. The molecule has 0 bridgehead atoms. The highest BCUT2D eigenvalue weighted by Crippen LogP contribution is 2.52. The minimum absolute atomic E-state index is 0.00420. The maximum absolute atomic E-state index is 6.11. The van der Waals surface area contributed by atoms with E-state index in [1.165, 1.54) is 37.9 Å². The van der Waals surface area contributed by atoms with Crippen LogP contribution in [-0.4, -0.2) is 7.05 Å². The number of para-hydroxylation sites is 2. The van der Waals surface area contributed by atoms with Gasteiger partial charge in [-0.05, 0) is 41.8 Å². The van der Waals surface area contributed by atoms with E-state index in [-0.39, 0.29) is 5.41 Å². The van der Waals surface area contributed by atoms with Crippen LogP contribution in [0.5, 0.6) is 0 Å². The van der Waals surface area contributed by atoms with Crippen LogP contribution in [0.25, 0.3) is 5.57 Å². The van der Waals surface area contributed by atoms with E-state index in [1.54, 1.807) is 0 Å². The second-order valence-corrected chi connectivity index (χ2v) is 9.62. The average molecular weight is 406 g/mol. The third kappa shape index (κ3) is 3.47. The van der Waals surface area contributed by atoms with Gasteiger partial charge < -0.3 is 4.90 Å². The van der Waals surface area contributed by atoms with Crippen LogP contribution in [0.15, 0.2) is 82.6 Å². The molecule has 0 amide bonds. The number of thioether (sulfide) groups is 1. The molecular formula is C25H24ClNS. The van der Waals surface area contributed by atoms with Crippen molar-refractivity contribution < 1.29 is 0 Å². The Morgan fingerprint density at radius 3 is 1.79 bits per heavy atom. The van der Waals surface area contributed by atoms with Gasteiger partial charge in [-0.1, -0.05) is 80.5 Å². The molecule has 0 N–H and O–H groups in total. The zero-order chi connectivity index (χ0) is 19.9. The number of anilines is 2. The van der Waals surface area contributed by atoms with Gasteiger partial charge in [-0.3, -0.25) is 0 Å². The molecule has 1 aliphatic heterocycles. The molecule has 0 radical (unpaired) electrons. The number of hydrogen-bond donors (Lipinski definition) is 0. The summed E-state index contributed by atoms with van der Waals surface area (Å²) in [6.45, 7) is 6.88. The summed E-state index contributed by atoms with van der Waals surface area (Å²) in [5.74, 6) is 0. The minimum atomic E-state index is -0.00420. The minimum Gasteiger partial charge on any atom is -0.344 e. The number of rotatable bonds is 2. The molecule has 0 atom stereocenters. The van der Waals surface area contributed by atoms with Crippen molar-refractivity contribution in [3.63, 3.8) is 0 Å². The lowest BCUT2D eigenvalue weighted by molar-refractivity contribution is 0.535. The van der Waals surface area contributed by atoms with E-state index in [9.17, 15) is 0 Å². The number of fused-ring (bicyclic) bond motifs is 2. The summed E-state index contributed by atoms with van der Waals surface area (Å²) in [7, 11) is 2.15. The smallest absolute Gasteiger partial charge is 0.0488 e. The quantitative estimate of drug-likeness (QED) is 0.397. The predicted molar refractivity (Wildman–Crippen MR) is 124 cm³/mol. The standard InChI is InChI=1S/C25H24ClNS/c1-25(2,3)24(28-18-15-13-17(26)14-16-18)23-19-9-5-7-11-21(19)27(4)22-12-8-6-10-20(22)23/h5-16H,1-4H3. The lowest BCUT2D eigenvalue weighted by atomic mass is 9.84. The van der Waals surface area contributed by atoms with Crippen LogP contribution in [0.3, 0.4) is 0 Å². The van der Waals surface area contributed by atoms with Crippen molar-refractivity contribution in [2.24, 2.45) is 5.41 Å². The fraction of sp³-hybridized carbons (Fsp3) is 0.200. The van der Waals surface area contributed by atoms with Gasteiger partial charge in [-0.2, -0.15) is 0 Å². The van der Waals surface area contributed by atoms with Gasteiger partial charge in [0.15, 0.2) is 0 Å². The zero-order valence-corrected chi connectivity index (χ0v) is 18.2. The van der Waals surface area contributed by atoms with E-state index >= 15 is 0 Å². The summed E-state index contributed by atoms with van der Waals surface area (Å²) in [6, 6.07) is 25.5. The van der Waals surface area contributed by atoms with Crippen LogP contribution >= 0.6 is 23.4 Å². The van der Waals surface area contributed by atoms with Gasteiger partial charge in [0.05, 0.1) is 0 Å². The molecule has 0 fully saturated rings. The van der Waals surface area contributed by atoms with E-state index in [0.717, 1.165) is 5.02 Å². The Morgan fingerprint density at radius 1 is 0.786 bits per heavy atom. The van der Waals surface area contributed by atoms with Crippen molar-refractivity contribution >= 4 is 40.3 Å². The number of halogens is 1. The highest BCUT2D eigenvalue weighted by atomic mass is 35.5. The van der Waals surface area contributed by atoms with Crippen molar-refractivity contribution in [1.82, 2.24) is 0 Å². The Morgan fingerprint density at radius 2 is 1.29 bits per heavy atom. The topological polar surface area (TPSA) is 3.24 Å². The van der Waals surface area contributed by atoms with Crippen LogP contribution in [0.4, 0.5) is 11.4 Å². The van der Waals surface area contributed by atoms with E-state index in [0.29, 0.717) is 0 Å². The Labute approximate surface area is 177 Å². The second kappa shape index (κ2) is 7.35. The van der Waals surface area contributed by atoms with Crippen LogP contribution in [0.2, 0.25) is 5.02 Å². The van der Waals surface area contributed by atoms with Gasteiger partial charge in [0.25, 0.3) is 0 Å². The Bertz CT molecular complexity index is 995. The van der Waals surface area contributed by atoms with Gasteiger partial charge in [0, 0.05) is 49.9 Å². The first-order chi connectivity index (χ1) is 13.4. The van der Waals surface area contributed by atoms with Crippen molar-refractivity contribution in [3.8, 4) is 0 Å². The molecule has 28 heavy (non-hydrogen) atoms. The summed E-state index contributed by atoms with van der Waals surface area (Å²) in [5.41, 5.74) is 6.39. The third-order valence-electron chi connectivity index (χ3n) is 5.01. The van der Waals surface area contributed by atoms with Crippen LogP contribution in [0, 0.1) is 5.41 Å². The molecule has 3 heteroatoms. The molecule has 0 spiro atoms. The van der Waals surface area contributed by atoms with Crippen LogP contribution < -0.4 is 4.90 Å². The monoisotopic (exact) mass is 405 g/mol. The fourth-order valence-corrected chi connectivity index (χ4v) is 4.94. The molecule has 1 aliphatic rings. The highest BCUT2D eigenvalue weighted by molar-refractivity contribution is 8.03. The van der Waals surface area contributed by atoms with Gasteiger partial charge in [-0.15, -0.1) is 0 Å². The Hall–Kier alpha value is -2.16. The van der Waals surface area contributed by atoms with Crippen molar-refractivity contribution in [2.45, 2.75) is 25.7 Å². The van der Waals surface area contributed by atoms with Crippen molar-refractivity contribution in [3.05, 3.63) is 93.9 Å². The van der Waals surface area contributed by atoms with E-state index in [4.69, 9.17) is 11.6 Å². The van der Waals surface area contributed by atoms with Crippen molar-refractivity contribution in [1.29, 1.82) is 0 Å². The molecular weight excluding hydrogens is 382 g/mol. The lowest BCUT2D eigenvalue weighted by Crippen LogP contribution is -2.20. The average Bonchev–Trinajstić information content (AvgIpc) is 2.68. The summed E-state index contributed by atoms with van der Waals surface area (Å²) in [6.07, 6.45) is 0. The Balaban J connectivity index is 2.00. The molecule has 1 heterocycles. The second-order valence-electron chi connectivity index (χ2n) is 8.10. The summed E-state index contributed by atoms with van der Waals surface area (Å²) in [4.78, 5) is 4.86. The molecule has 0 aliphatic carbocycles. The van der Waals surface area contributed by atoms with Gasteiger partial charge >= 0.3 is 0 Å². The third-order valence-corrected chi connectivity index (χ3v) is 6.79. The SMILES string of the molecule is CN1c2ccccc2C(=C(Sc2ccc(Cl)cc2)C(C)(C)C)c2ccccc21. The number of allylic oxidation sites excluding steroid dienone is 1. The number of hydrogen-bond acceptors (Lipinski definition) is 2. The molecule has 0 aromatic heterocycles. The largest absolute Gasteiger partial charge is 0.344 e. The summed E-state index contributed by atoms with van der Waals surface area (Å²) < 4.78 is 0. The number of nitrogens with zero attached hydrogens (tertiary/aromatic N) is 1. The van der Waals surface area contributed by atoms with Gasteiger partial charge in [-0.25, -0.2) is 0 Å². The molecule has 1 nitrogen and oxygen atoms in total. The zero-order valence-electron chi connectivity index (χ0n) is 16.7. The first kappa shape index (κ1) is 19.2. The molecule has 0 saturated heterocycles. The molecule has 142 valence electrons.